The zero-order chi connectivity index (χ0) is 15.6. The maximum atomic E-state index is 11.9. The van der Waals surface area contributed by atoms with Gasteiger partial charge in [-0.3, -0.25) is 0 Å². The van der Waals surface area contributed by atoms with Gasteiger partial charge in [0.25, 0.3) is 0 Å². The van der Waals surface area contributed by atoms with Crippen LogP contribution in [0.4, 0.5) is 0 Å². The first-order valence-electron chi connectivity index (χ1n) is 8.18. The molecule has 2 aliphatic heterocycles. The van der Waals surface area contributed by atoms with Gasteiger partial charge in [-0.05, 0) is 24.1 Å². The number of methoxy groups -OCH3 is 1. The summed E-state index contributed by atoms with van der Waals surface area (Å²) in [5.74, 6) is 1.26. The second-order valence-corrected chi connectivity index (χ2v) is 6.70. The SMILES string of the molecule is COC(=O)c1ccc2c(c1)[C@@H]1c3cccc[n+]3[C@H]2[C@@H]2CC=C[C@H]12. The van der Waals surface area contributed by atoms with Crippen LogP contribution in [0.5, 0.6) is 0 Å². The van der Waals surface area contributed by atoms with E-state index in [2.05, 4.69) is 53.2 Å². The van der Waals surface area contributed by atoms with E-state index in [1.54, 1.807) is 0 Å². The van der Waals surface area contributed by atoms with Crippen LogP contribution >= 0.6 is 0 Å². The van der Waals surface area contributed by atoms with Crippen LogP contribution in [0.1, 0.15) is 45.6 Å². The van der Waals surface area contributed by atoms with E-state index in [4.69, 9.17) is 4.74 Å². The molecular weight excluding hydrogens is 286 g/mol. The van der Waals surface area contributed by atoms with Gasteiger partial charge in [-0.15, -0.1) is 0 Å². The highest BCUT2D eigenvalue weighted by Gasteiger charge is 2.55. The Bertz CT molecular complexity index is 854. The molecule has 0 amide bonds. The Morgan fingerprint density at radius 1 is 1.22 bits per heavy atom. The number of rotatable bonds is 1. The van der Waals surface area contributed by atoms with E-state index < -0.39 is 0 Å². The second-order valence-electron chi connectivity index (χ2n) is 6.70. The summed E-state index contributed by atoms with van der Waals surface area (Å²) < 4.78 is 7.35. The quantitative estimate of drug-likeness (QED) is 0.460. The van der Waals surface area contributed by atoms with Crippen LogP contribution in [0.15, 0.2) is 54.7 Å². The fourth-order valence-corrected chi connectivity index (χ4v) is 4.89. The van der Waals surface area contributed by atoms with Crippen molar-refractivity contribution < 1.29 is 14.1 Å². The molecule has 0 unspecified atom stereocenters. The van der Waals surface area contributed by atoms with Crippen LogP contribution in [0.3, 0.4) is 0 Å². The summed E-state index contributed by atoms with van der Waals surface area (Å²) in [6.07, 6.45) is 8.06. The van der Waals surface area contributed by atoms with Gasteiger partial charge in [-0.1, -0.05) is 24.3 Å². The Kier molecular flexibility index (Phi) is 2.58. The molecule has 0 spiro atoms. The van der Waals surface area contributed by atoms with Crippen molar-refractivity contribution >= 4 is 5.97 Å². The molecule has 0 saturated carbocycles. The largest absolute Gasteiger partial charge is 0.465 e. The summed E-state index contributed by atoms with van der Waals surface area (Å²) in [5.41, 5.74) is 4.69. The maximum absolute atomic E-state index is 11.9. The van der Waals surface area contributed by atoms with Crippen LogP contribution in [0.2, 0.25) is 0 Å². The number of esters is 1. The minimum atomic E-state index is -0.256. The number of ether oxygens (including phenoxy) is 1. The summed E-state index contributed by atoms with van der Waals surface area (Å²) in [6, 6.07) is 12.9. The van der Waals surface area contributed by atoms with Gasteiger partial charge in [0.2, 0.25) is 0 Å². The number of pyridine rings is 1. The van der Waals surface area contributed by atoms with Crippen molar-refractivity contribution in [2.24, 2.45) is 11.8 Å². The molecule has 6 rings (SSSR count). The summed E-state index contributed by atoms with van der Waals surface area (Å²) in [6.45, 7) is 0. The molecule has 0 N–H and O–H groups in total. The fourth-order valence-electron chi connectivity index (χ4n) is 4.89. The van der Waals surface area contributed by atoms with Gasteiger partial charge in [-0.2, -0.15) is 4.57 Å². The average Bonchev–Trinajstić information content (AvgIpc) is 3.10. The summed E-state index contributed by atoms with van der Waals surface area (Å²) >= 11 is 0. The van der Waals surface area contributed by atoms with E-state index >= 15 is 0 Å². The predicted molar refractivity (Wildman–Crippen MR) is 85.1 cm³/mol. The van der Waals surface area contributed by atoms with Gasteiger partial charge in [0.15, 0.2) is 17.9 Å². The zero-order valence-corrected chi connectivity index (χ0v) is 13.0. The fraction of sp³-hybridized carbons (Fsp3) is 0.300. The van der Waals surface area contributed by atoms with Gasteiger partial charge in [0.1, 0.15) is 0 Å². The third-order valence-electron chi connectivity index (χ3n) is 5.75. The molecule has 23 heavy (non-hydrogen) atoms. The van der Waals surface area contributed by atoms with Gasteiger partial charge in [0.05, 0.1) is 18.6 Å². The molecule has 4 atom stereocenters. The maximum Gasteiger partial charge on any atom is 0.337 e. The molecule has 114 valence electrons. The lowest BCUT2D eigenvalue weighted by atomic mass is 9.63. The van der Waals surface area contributed by atoms with Crippen molar-refractivity contribution in [3.05, 3.63) is 77.1 Å². The molecule has 0 radical (unpaired) electrons. The van der Waals surface area contributed by atoms with E-state index in [0.717, 1.165) is 6.42 Å². The molecule has 4 aliphatic rings. The Morgan fingerprint density at radius 2 is 2.13 bits per heavy atom. The van der Waals surface area contributed by atoms with Crippen LogP contribution < -0.4 is 4.57 Å². The van der Waals surface area contributed by atoms with Gasteiger partial charge in [0, 0.05) is 29.5 Å². The highest BCUT2D eigenvalue weighted by atomic mass is 16.5. The van der Waals surface area contributed by atoms with E-state index in [1.807, 2.05) is 6.07 Å². The monoisotopic (exact) mass is 304 g/mol. The molecule has 0 fully saturated rings. The molecule has 3 heterocycles. The highest BCUT2D eigenvalue weighted by molar-refractivity contribution is 5.89. The lowest BCUT2D eigenvalue weighted by molar-refractivity contribution is -0.739. The Balaban J connectivity index is 1.76. The number of aromatic nitrogens is 1. The smallest absolute Gasteiger partial charge is 0.337 e. The molecule has 1 aromatic carbocycles. The van der Waals surface area contributed by atoms with Crippen molar-refractivity contribution in [1.29, 1.82) is 0 Å². The number of benzene rings is 1. The van der Waals surface area contributed by atoms with Crippen LogP contribution in [0, 0.1) is 11.8 Å². The number of hydrogen-bond acceptors (Lipinski definition) is 2. The van der Waals surface area contributed by atoms with Crippen molar-refractivity contribution in [2.45, 2.75) is 18.4 Å². The Morgan fingerprint density at radius 3 is 3.00 bits per heavy atom. The van der Waals surface area contributed by atoms with E-state index in [1.165, 1.54) is 23.9 Å². The third-order valence-corrected chi connectivity index (χ3v) is 5.75. The highest BCUT2D eigenvalue weighted by Crippen LogP contribution is 2.55. The number of allylic oxidation sites excluding steroid dienone is 2. The lowest BCUT2D eigenvalue weighted by Crippen LogP contribution is -2.57. The topological polar surface area (TPSA) is 30.2 Å². The summed E-state index contributed by atoms with van der Waals surface area (Å²) in [4.78, 5) is 11.9. The van der Waals surface area contributed by atoms with Gasteiger partial charge >= 0.3 is 5.97 Å². The molecule has 0 saturated heterocycles. The first-order chi connectivity index (χ1) is 11.3. The van der Waals surface area contributed by atoms with E-state index in [9.17, 15) is 4.79 Å². The molecule has 2 aliphatic carbocycles. The van der Waals surface area contributed by atoms with Gasteiger partial charge in [-0.25, -0.2) is 4.79 Å². The Labute approximate surface area is 135 Å². The van der Waals surface area contributed by atoms with Gasteiger partial charge < -0.3 is 4.74 Å². The second kappa shape index (κ2) is 4.54. The number of nitrogens with zero attached hydrogens (tertiary/aromatic N) is 1. The van der Waals surface area contributed by atoms with E-state index in [-0.39, 0.29) is 5.97 Å². The van der Waals surface area contributed by atoms with Crippen LogP contribution in [-0.4, -0.2) is 13.1 Å². The average molecular weight is 304 g/mol. The first kappa shape index (κ1) is 13.1. The molecule has 2 bridgehead atoms. The predicted octanol–water partition coefficient (Wildman–Crippen LogP) is 3.00. The van der Waals surface area contributed by atoms with E-state index in [0.29, 0.717) is 29.4 Å². The molecule has 3 nitrogen and oxygen atoms in total. The third kappa shape index (κ3) is 1.60. The lowest BCUT2D eigenvalue weighted by Gasteiger charge is -2.43. The van der Waals surface area contributed by atoms with Crippen molar-refractivity contribution in [2.75, 3.05) is 7.11 Å². The van der Waals surface area contributed by atoms with Crippen molar-refractivity contribution in [3.8, 4) is 0 Å². The standard InChI is InChI=1S/C20H18NO2/c1-23-20(22)12-8-9-15-16(11-12)18-13-5-4-6-14(13)19(15)21-10-3-2-7-17(18)21/h2-5,7-11,13-14,18-19H,6H2,1H3/q+1/t13-,14+,18+,19-/m0/s1. The normalized spacial score (nSPS) is 28.9. The molecule has 2 aromatic rings. The van der Waals surface area contributed by atoms with Crippen molar-refractivity contribution in [3.63, 3.8) is 0 Å². The molecule has 3 heteroatoms. The van der Waals surface area contributed by atoms with Crippen LogP contribution in [-0.2, 0) is 4.74 Å². The summed E-state index contributed by atoms with van der Waals surface area (Å²) in [7, 11) is 1.44. The molecule has 1 aromatic heterocycles. The first-order valence-corrected chi connectivity index (χ1v) is 8.18. The summed E-state index contributed by atoms with van der Waals surface area (Å²) in [5, 5.41) is 0. The molecular formula is C20H18NO2+. The van der Waals surface area contributed by atoms with Crippen LogP contribution in [0.25, 0.3) is 0 Å². The van der Waals surface area contributed by atoms with Crippen molar-refractivity contribution in [1.82, 2.24) is 0 Å². The zero-order valence-electron chi connectivity index (χ0n) is 13.0. The number of carbonyl (C=O) groups is 1. The Hall–Kier alpha value is -2.42. The number of hydrogen-bond donors (Lipinski definition) is 0. The minimum Gasteiger partial charge on any atom is -0.465 e. The minimum absolute atomic E-state index is 0.256. The number of carbonyl (C=O) groups excluding carboxylic acids is 1.